The highest BCUT2D eigenvalue weighted by atomic mass is 16.4. The second kappa shape index (κ2) is 5.70. The van der Waals surface area contributed by atoms with Gasteiger partial charge in [0.25, 0.3) is 0 Å². The highest BCUT2D eigenvalue weighted by Crippen LogP contribution is 2.06. The number of aliphatic carboxylic acids is 1. The minimum atomic E-state index is -0.791. The number of rotatable bonds is 6. The molecule has 1 amide bonds. The molecule has 0 aliphatic heterocycles. The Labute approximate surface area is 65.6 Å². The van der Waals surface area contributed by atoms with Crippen molar-refractivity contribution in [1.29, 1.82) is 0 Å². The summed E-state index contributed by atoms with van der Waals surface area (Å²) in [5.41, 5.74) is 0. The van der Waals surface area contributed by atoms with Crippen molar-refractivity contribution < 1.29 is 14.7 Å². The van der Waals surface area contributed by atoms with E-state index in [2.05, 4.69) is 5.32 Å². The number of hydrogen-bond acceptors (Lipinski definition) is 2. The van der Waals surface area contributed by atoms with Crippen molar-refractivity contribution in [1.82, 2.24) is 5.32 Å². The van der Waals surface area contributed by atoms with Crippen LogP contribution in [0.5, 0.6) is 0 Å². The van der Waals surface area contributed by atoms with Gasteiger partial charge in [0.05, 0.1) is 5.92 Å². The maximum Gasteiger partial charge on any atom is 0.306 e. The molecule has 0 bridgehead atoms. The molecule has 0 aliphatic carbocycles. The molecule has 2 N–H and O–H groups in total. The summed E-state index contributed by atoms with van der Waals surface area (Å²) in [5.74, 6) is -1.12. The maximum absolute atomic E-state index is 10.4. The molecular weight excluding hydrogens is 146 g/mol. The van der Waals surface area contributed by atoms with Crippen molar-refractivity contribution in [2.24, 2.45) is 5.92 Å². The zero-order valence-corrected chi connectivity index (χ0v) is 6.54. The van der Waals surface area contributed by atoms with E-state index >= 15 is 0 Å². The third-order valence-corrected chi connectivity index (χ3v) is 1.56. The number of hydrogen-bond donors (Lipinski definition) is 2. The van der Waals surface area contributed by atoms with Crippen LogP contribution in [0.2, 0.25) is 0 Å². The van der Waals surface area contributed by atoms with Gasteiger partial charge in [0, 0.05) is 6.54 Å². The summed E-state index contributed by atoms with van der Waals surface area (Å²) in [4.78, 5) is 20.2. The van der Waals surface area contributed by atoms with Crippen molar-refractivity contribution in [2.75, 3.05) is 6.54 Å². The first-order chi connectivity index (χ1) is 5.22. The molecule has 4 nitrogen and oxygen atoms in total. The molecule has 0 fully saturated rings. The van der Waals surface area contributed by atoms with Crippen molar-refractivity contribution in [2.45, 2.75) is 19.8 Å². The first kappa shape index (κ1) is 9.94. The lowest BCUT2D eigenvalue weighted by Crippen LogP contribution is -2.20. The van der Waals surface area contributed by atoms with E-state index in [1.807, 2.05) is 6.92 Å². The fourth-order valence-corrected chi connectivity index (χ4v) is 0.819. The molecule has 11 heavy (non-hydrogen) atoms. The van der Waals surface area contributed by atoms with E-state index in [1.165, 1.54) is 0 Å². The zero-order valence-electron chi connectivity index (χ0n) is 6.54. The Morgan fingerprint density at radius 3 is 2.73 bits per heavy atom. The molecule has 0 spiro atoms. The summed E-state index contributed by atoms with van der Waals surface area (Å²) in [5, 5.41) is 11.0. The van der Waals surface area contributed by atoms with Crippen LogP contribution in [0.25, 0.3) is 0 Å². The van der Waals surface area contributed by atoms with Crippen molar-refractivity contribution in [3.05, 3.63) is 0 Å². The van der Waals surface area contributed by atoms with Gasteiger partial charge in [-0.2, -0.15) is 0 Å². The molecule has 0 saturated carbocycles. The van der Waals surface area contributed by atoms with Crippen LogP contribution in [0, 0.1) is 5.92 Å². The maximum atomic E-state index is 10.4. The molecule has 64 valence electrons. The number of carboxylic acid groups (broad SMARTS) is 1. The van der Waals surface area contributed by atoms with E-state index in [4.69, 9.17) is 5.11 Å². The molecular formula is C7H13NO3. The Kier molecular flexibility index (Phi) is 5.15. The third-order valence-electron chi connectivity index (χ3n) is 1.56. The lowest BCUT2D eigenvalue weighted by molar-refractivity contribution is -0.142. The Morgan fingerprint density at radius 1 is 1.73 bits per heavy atom. The lowest BCUT2D eigenvalue weighted by atomic mass is 10.0. The molecule has 0 aromatic heterocycles. The number of nitrogens with one attached hydrogen (secondary N) is 1. The van der Waals surface area contributed by atoms with Crippen molar-refractivity contribution in [3.8, 4) is 0 Å². The molecule has 1 unspecified atom stereocenters. The summed E-state index contributed by atoms with van der Waals surface area (Å²) < 4.78 is 0. The molecule has 0 heterocycles. The average Bonchev–Trinajstić information content (AvgIpc) is 1.97. The third kappa shape index (κ3) is 4.36. The molecule has 0 rings (SSSR count). The van der Waals surface area contributed by atoms with Crippen LogP contribution in [0.1, 0.15) is 19.8 Å². The van der Waals surface area contributed by atoms with Gasteiger partial charge in [0.15, 0.2) is 0 Å². The van der Waals surface area contributed by atoms with Crippen LogP contribution in [0.3, 0.4) is 0 Å². The minimum absolute atomic E-state index is 0.331. The van der Waals surface area contributed by atoms with Crippen LogP contribution >= 0.6 is 0 Å². The van der Waals surface area contributed by atoms with E-state index in [1.54, 1.807) is 0 Å². The summed E-state index contributed by atoms with van der Waals surface area (Å²) in [6.45, 7) is 2.26. The summed E-state index contributed by atoms with van der Waals surface area (Å²) in [6.07, 6.45) is 1.69. The average molecular weight is 159 g/mol. The van der Waals surface area contributed by atoms with Crippen LogP contribution in [0.4, 0.5) is 0 Å². The Balaban J connectivity index is 3.52. The van der Waals surface area contributed by atoms with E-state index in [9.17, 15) is 9.59 Å². The number of carbonyl (C=O) groups is 2. The molecule has 4 heteroatoms. The van der Waals surface area contributed by atoms with Gasteiger partial charge in [-0.3, -0.25) is 9.59 Å². The van der Waals surface area contributed by atoms with Gasteiger partial charge in [-0.05, 0) is 12.8 Å². The Bertz CT molecular complexity index is 136. The van der Waals surface area contributed by atoms with Crippen molar-refractivity contribution in [3.63, 3.8) is 0 Å². The summed E-state index contributed by atoms with van der Waals surface area (Å²) in [7, 11) is 0. The fraction of sp³-hybridized carbons (Fsp3) is 0.714. The van der Waals surface area contributed by atoms with E-state index in [-0.39, 0.29) is 5.92 Å². The minimum Gasteiger partial charge on any atom is -0.481 e. The van der Waals surface area contributed by atoms with Gasteiger partial charge >= 0.3 is 5.97 Å². The normalized spacial score (nSPS) is 12.1. The summed E-state index contributed by atoms with van der Waals surface area (Å²) in [6, 6.07) is 0. The highest BCUT2D eigenvalue weighted by Gasteiger charge is 2.13. The van der Waals surface area contributed by atoms with E-state index < -0.39 is 5.97 Å². The topological polar surface area (TPSA) is 66.4 Å². The van der Waals surface area contributed by atoms with Gasteiger partial charge in [-0.25, -0.2) is 0 Å². The van der Waals surface area contributed by atoms with Gasteiger partial charge in [0.2, 0.25) is 6.41 Å². The van der Waals surface area contributed by atoms with Crippen LogP contribution in [0.15, 0.2) is 0 Å². The monoisotopic (exact) mass is 159 g/mol. The van der Waals surface area contributed by atoms with Gasteiger partial charge in [-0.1, -0.05) is 6.92 Å². The van der Waals surface area contributed by atoms with E-state index in [0.717, 1.165) is 0 Å². The van der Waals surface area contributed by atoms with Crippen LogP contribution in [-0.2, 0) is 9.59 Å². The molecule has 1 atom stereocenters. The number of amides is 1. The predicted molar refractivity (Wildman–Crippen MR) is 40.1 cm³/mol. The van der Waals surface area contributed by atoms with Gasteiger partial charge in [-0.15, -0.1) is 0 Å². The fourth-order valence-electron chi connectivity index (χ4n) is 0.819. The second-order valence-electron chi connectivity index (χ2n) is 2.30. The smallest absolute Gasteiger partial charge is 0.306 e. The van der Waals surface area contributed by atoms with E-state index in [0.29, 0.717) is 25.8 Å². The Hall–Kier alpha value is -1.06. The number of carboxylic acids is 1. The first-order valence-corrected chi connectivity index (χ1v) is 3.62. The molecule has 0 aliphatic rings. The largest absolute Gasteiger partial charge is 0.481 e. The molecule has 0 aromatic carbocycles. The molecule has 0 saturated heterocycles. The van der Waals surface area contributed by atoms with Crippen LogP contribution < -0.4 is 5.32 Å². The summed E-state index contributed by atoms with van der Waals surface area (Å²) >= 11 is 0. The Morgan fingerprint density at radius 2 is 2.36 bits per heavy atom. The van der Waals surface area contributed by atoms with Crippen molar-refractivity contribution >= 4 is 12.4 Å². The molecule has 0 radical (unpaired) electrons. The number of carbonyl (C=O) groups excluding carboxylic acids is 1. The zero-order chi connectivity index (χ0) is 8.69. The lowest BCUT2D eigenvalue weighted by Gasteiger charge is -2.07. The van der Waals surface area contributed by atoms with Gasteiger partial charge < -0.3 is 10.4 Å². The predicted octanol–water partition coefficient (Wildman–Crippen LogP) is 0.233. The standard InChI is InChI=1S/C7H13NO3/c1-2-6(7(10)11)3-4-8-5-9/h5-6H,2-4H2,1H3,(H,8,9)(H,10,11). The quantitative estimate of drug-likeness (QED) is 0.430. The highest BCUT2D eigenvalue weighted by molar-refractivity contribution is 5.69. The second-order valence-corrected chi connectivity index (χ2v) is 2.30. The molecule has 0 aromatic rings. The van der Waals surface area contributed by atoms with Crippen LogP contribution in [-0.4, -0.2) is 24.0 Å². The SMILES string of the molecule is CCC(CCNC=O)C(=O)O. The first-order valence-electron chi connectivity index (χ1n) is 3.62. The van der Waals surface area contributed by atoms with Gasteiger partial charge in [0.1, 0.15) is 0 Å².